The third-order valence-electron chi connectivity index (χ3n) is 4.84. The van der Waals surface area contributed by atoms with E-state index in [1.807, 2.05) is 0 Å². The van der Waals surface area contributed by atoms with Gasteiger partial charge in [-0.05, 0) is 35.4 Å². The molecule has 0 radical (unpaired) electrons. The molecule has 1 aliphatic carbocycles. The Labute approximate surface area is 160 Å². The van der Waals surface area contributed by atoms with Gasteiger partial charge < -0.3 is 43.4 Å². The van der Waals surface area contributed by atoms with Crippen molar-refractivity contribution < 1.29 is 20.4 Å². The molecule has 2 aromatic rings. The summed E-state index contributed by atoms with van der Waals surface area (Å²) in [6.07, 6.45) is 0. The van der Waals surface area contributed by atoms with Crippen molar-refractivity contribution in [3.8, 4) is 23.0 Å². The molecule has 0 spiro atoms. The topological polar surface area (TPSA) is 210 Å². The molecule has 0 aromatic heterocycles. The molecule has 0 heterocycles. The summed E-state index contributed by atoms with van der Waals surface area (Å²) in [4.78, 5) is 8.59. The lowest BCUT2D eigenvalue weighted by Crippen LogP contribution is -2.52. The normalized spacial score (nSPS) is 23.4. The summed E-state index contributed by atoms with van der Waals surface area (Å²) in [6, 6.07) is 7.72. The van der Waals surface area contributed by atoms with Crippen LogP contribution in [0.2, 0.25) is 0 Å². The zero-order valence-corrected chi connectivity index (χ0v) is 14.8. The quantitative estimate of drug-likeness (QED) is 0.198. The lowest BCUT2D eigenvalue weighted by atomic mass is 9.60. The standard InChI is InChI=1S/C18H22N6O4/c19-17(20)23-15-13(7-1-3-9(25)11(27)5-7)16(24-18(21)22)14(15)8-2-4-10(26)12(28)6-8/h1-6,13-16,25-28H,(H4,19,20,23)(H4,21,22,24). The third-order valence-corrected chi connectivity index (χ3v) is 4.84. The van der Waals surface area contributed by atoms with Crippen molar-refractivity contribution in [3.63, 3.8) is 0 Å². The fraction of sp³-hybridized carbons (Fsp3) is 0.222. The number of hydrogen-bond acceptors (Lipinski definition) is 6. The van der Waals surface area contributed by atoms with E-state index in [0.29, 0.717) is 11.1 Å². The first-order chi connectivity index (χ1) is 13.2. The van der Waals surface area contributed by atoms with E-state index in [-0.39, 0.29) is 34.9 Å². The van der Waals surface area contributed by atoms with Crippen LogP contribution in [0.5, 0.6) is 23.0 Å². The molecule has 12 N–H and O–H groups in total. The molecule has 0 unspecified atom stereocenters. The lowest BCUT2D eigenvalue weighted by Gasteiger charge is -2.48. The van der Waals surface area contributed by atoms with Crippen LogP contribution in [-0.2, 0) is 0 Å². The maximum Gasteiger partial charge on any atom is 0.186 e. The fourth-order valence-corrected chi connectivity index (χ4v) is 3.66. The number of guanidine groups is 2. The third kappa shape index (κ3) is 3.39. The van der Waals surface area contributed by atoms with E-state index in [9.17, 15) is 20.4 Å². The zero-order valence-electron chi connectivity index (χ0n) is 14.8. The second kappa shape index (κ2) is 7.06. The van der Waals surface area contributed by atoms with Crippen molar-refractivity contribution in [2.75, 3.05) is 0 Å². The second-order valence-electron chi connectivity index (χ2n) is 6.64. The van der Waals surface area contributed by atoms with Crippen molar-refractivity contribution in [1.82, 2.24) is 0 Å². The minimum Gasteiger partial charge on any atom is -0.504 e. The Morgan fingerprint density at radius 2 is 0.964 bits per heavy atom. The first kappa shape index (κ1) is 19.0. The Morgan fingerprint density at radius 3 is 1.25 bits per heavy atom. The molecule has 28 heavy (non-hydrogen) atoms. The molecule has 1 aliphatic rings. The highest BCUT2D eigenvalue weighted by Crippen LogP contribution is 2.53. The highest BCUT2D eigenvalue weighted by molar-refractivity contribution is 5.77. The summed E-state index contributed by atoms with van der Waals surface area (Å²) in [5.41, 5.74) is 23.7. The smallest absolute Gasteiger partial charge is 0.186 e. The molecule has 10 heteroatoms. The Balaban J connectivity index is 2.11. The first-order valence-corrected chi connectivity index (χ1v) is 8.40. The van der Waals surface area contributed by atoms with E-state index in [2.05, 4.69) is 9.98 Å². The second-order valence-corrected chi connectivity index (χ2v) is 6.64. The number of hydrogen-bond donors (Lipinski definition) is 8. The van der Waals surface area contributed by atoms with E-state index in [1.165, 1.54) is 24.3 Å². The predicted molar refractivity (Wildman–Crippen MR) is 104 cm³/mol. The molecule has 3 rings (SSSR count). The molecule has 0 amide bonds. The highest BCUT2D eigenvalue weighted by atomic mass is 16.3. The molecular formula is C18H22N6O4. The lowest BCUT2D eigenvalue weighted by molar-refractivity contribution is 0.236. The number of benzene rings is 2. The molecule has 0 saturated heterocycles. The maximum atomic E-state index is 9.87. The molecule has 1 saturated carbocycles. The van der Waals surface area contributed by atoms with Gasteiger partial charge in [-0.2, -0.15) is 0 Å². The minimum atomic E-state index is -0.508. The van der Waals surface area contributed by atoms with Gasteiger partial charge in [-0.3, -0.25) is 0 Å². The monoisotopic (exact) mass is 386 g/mol. The van der Waals surface area contributed by atoms with Gasteiger partial charge in [-0.25, -0.2) is 9.98 Å². The van der Waals surface area contributed by atoms with Crippen LogP contribution in [0.15, 0.2) is 46.4 Å². The van der Waals surface area contributed by atoms with Gasteiger partial charge in [0, 0.05) is 11.8 Å². The number of phenols is 4. The molecule has 0 aliphatic heterocycles. The van der Waals surface area contributed by atoms with Crippen LogP contribution in [0, 0.1) is 0 Å². The number of nitrogens with zero attached hydrogens (tertiary/aromatic N) is 2. The van der Waals surface area contributed by atoms with Crippen molar-refractivity contribution in [1.29, 1.82) is 0 Å². The molecule has 1 fully saturated rings. The van der Waals surface area contributed by atoms with Crippen LogP contribution >= 0.6 is 0 Å². The van der Waals surface area contributed by atoms with Crippen LogP contribution in [0.1, 0.15) is 23.0 Å². The number of aromatic hydroxyl groups is 4. The van der Waals surface area contributed by atoms with Gasteiger partial charge in [0.2, 0.25) is 0 Å². The largest absolute Gasteiger partial charge is 0.504 e. The van der Waals surface area contributed by atoms with Crippen LogP contribution < -0.4 is 22.9 Å². The van der Waals surface area contributed by atoms with Gasteiger partial charge in [0.25, 0.3) is 0 Å². The van der Waals surface area contributed by atoms with Gasteiger partial charge in [-0.15, -0.1) is 0 Å². The number of phenolic OH excluding ortho intramolecular Hbond substituents is 4. The molecular weight excluding hydrogens is 364 g/mol. The summed E-state index contributed by atoms with van der Waals surface area (Å²) in [7, 11) is 0. The maximum absolute atomic E-state index is 9.87. The van der Waals surface area contributed by atoms with Gasteiger partial charge >= 0.3 is 0 Å². The Hall–Kier alpha value is -3.82. The Morgan fingerprint density at radius 1 is 0.607 bits per heavy atom. The van der Waals surface area contributed by atoms with E-state index < -0.39 is 23.9 Å². The summed E-state index contributed by atoms with van der Waals surface area (Å²) in [5.74, 6) is -2.22. The predicted octanol–water partition coefficient (Wildman–Crippen LogP) is -0.326. The summed E-state index contributed by atoms with van der Waals surface area (Å²) >= 11 is 0. The van der Waals surface area contributed by atoms with E-state index in [1.54, 1.807) is 12.1 Å². The van der Waals surface area contributed by atoms with Crippen LogP contribution in [0.25, 0.3) is 0 Å². The number of nitrogens with two attached hydrogens (primary N) is 4. The van der Waals surface area contributed by atoms with Crippen molar-refractivity contribution in [2.24, 2.45) is 32.9 Å². The van der Waals surface area contributed by atoms with Gasteiger partial charge in [0.1, 0.15) is 0 Å². The van der Waals surface area contributed by atoms with E-state index in [4.69, 9.17) is 22.9 Å². The molecule has 10 nitrogen and oxygen atoms in total. The van der Waals surface area contributed by atoms with Gasteiger partial charge in [0.15, 0.2) is 34.9 Å². The van der Waals surface area contributed by atoms with Gasteiger partial charge in [-0.1, -0.05) is 12.1 Å². The summed E-state index contributed by atoms with van der Waals surface area (Å²) in [5, 5.41) is 38.9. The molecule has 2 aromatic carbocycles. The van der Waals surface area contributed by atoms with Crippen molar-refractivity contribution in [3.05, 3.63) is 47.5 Å². The van der Waals surface area contributed by atoms with E-state index >= 15 is 0 Å². The average Bonchev–Trinajstić information content (AvgIpc) is 2.60. The summed E-state index contributed by atoms with van der Waals surface area (Å²) < 4.78 is 0. The fourth-order valence-electron chi connectivity index (χ4n) is 3.66. The highest BCUT2D eigenvalue weighted by Gasteiger charge is 2.52. The van der Waals surface area contributed by atoms with E-state index in [0.717, 1.165) is 0 Å². The number of aliphatic imine (C=N–C) groups is 2. The summed E-state index contributed by atoms with van der Waals surface area (Å²) in [6.45, 7) is 0. The average molecular weight is 386 g/mol. The van der Waals surface area contributed by atoms with Crippen LogP contribution in [-0.4, -0.2) is 44.4 Å². The minimum absolute atomic E-state index is 0.144. The van der Waals surface area contributed by atoms with Crippen LogP contribution in [0.4, 0.5) is 0 Å². The SMILES string of the molecule is NC(N)=NC1C(c2ccc(O)c(O)c2)C(N=C(N)N)C1c1ccc(O)c(O)c1. The molecule has 0 atom stereocenters. The Bertz CT molecular complexity index is 868. The van der Waals surface area contributed by atoms with Crippen molar-refractivity contribution >= 4 is 11.9 Å². The first-order valence-electron chi connectivity index (χ1n) is 8.40. The zero-order chi connectivity index (χ0) is 20.6. The Kier molecular flexibility index (Phi) is 4.78. The van der Waals surface area contributed by atoms with Crippen molar-refractivity contribution in [2.45, 2.75) is 23.9 Å². The molecule has 0 bridgehead atoms. The molecule has 148 valence electrons. The van der Waals surface area contributed by atoms with Crippen LogP contribution in [0.3, 0.4) is 0 Å². The van der Waals surface area contributed by atoms with Gasteiger partial charge in [0.05, 0.1) is 12.1 Å². The number of rotatable bonds is 4.